The number of rotatable bonds is 2. The molecule has 23 heavy (non-hydrogen) atoms. The first-order chi connectivity index (χ1) is 11.0. The van der Waals surface area contributed by atoms with Gasteiger partial charge in [0.25, 0.3) is 0 Å². The lowest BCUT2D eigenvalue weighted by Gasteiger charge is -2.25. The van der Waals surface area contributed by atoms with Gasteiger partial charge in [0.05, 0.1) is 12.0 Å². The Kier molecular flexibility index (Phi) is 4.50. The van der Waals surface area contributed by atoms with Crippen molar-refractivity contribution in [1.82, 2.24) is 14.5 Å². The lowest BCUT2D eigenvalue weighted by atomic mass is 10.0. The molecule has 6 atom stereocenters. The van der Waals surface area contributed by atoms with Crippen molar-refractivity contribution in [3.05, 3.63) is 23.7 Å². The molecule has 0 radical (unpaired) electrons. The van der Waals surface area contributed by atoms with Gasteiger partial charge in [-0.2, -0.15) is 0 Å². The van der Waals surface area contributed by atoms with Crippen molar-refractivity contribution < 1.29 is 29.6 Å². The highest BCUT2D eigenvalue weighted by Gasteiger charge is 2.46. The number of aliphatic hydroxyl groups excluding tert-OH is 4. The molecule has 10 heteroatoms. The zero-order chi connectivity index (χ0) is 16.7. The van der Waals surface area contributed by atoms with Gasteiger partial charge in [-0.3, -0.25) is 0 Å². The Hall–Kier alpha value is -1.36. The molecule has 1 aliphatic rings. The molecule has 8 nitrogen and oxygen atoms in total. The molecule has 0 aromatic carbocycles. The molecular formula is C13H15ClFN3O5. The summed E-state index contributed by atoms with van der Waals surface area (Å²) in [5.74, 6) is 0. The quantitative estimate of drug-likeness (QED) is 0.535. The van der Waals surface area contributed by atoms with Crippen molar-refractivity contribution in [2.24, 2.45) is 0 Å². The van der Waals surface area contributed by atoms with Gasteiger partial charge in [0.15, 0.2) is 12.4 Å². The molecule has 0 saturated carbocycles. The highest BCUT2D eigenvalue weighted by Crippen LogP contribution is 2.33. The van der Waals surface area contributed by atoms with Crippen molar-refractivity contribution in [3.63, 3.8) is 0 Å². The fourth-order valence-electron chi connectivity index (χ4n) is 2.63. The van der Waals surface area contributed by atoms with Crippen molar-refractivity contribution in [3.8, 4) is 0 Å². The van der Waals surface area contributed by atoms with Crippen LogP contribution in [0.15, 0.2) is 18.6 Å². The molecular weight excluding hydrogens is 333 g/mol. The molecule has 0 spiro atoms. The van der Waals surface area contributed by atoms with Gasteiger partial charge in [0.2, 0.25) is 0 Å². The van der Waals surface area contributed by atoms with Crippen molar-refractivity contribution in [2.75, 3.05) is 6.61 Å². The Morgan fingerprint density at radius 2 is 1.96 bits per heavy atom. The minimum atomic E-state index is -2.07. The molecule has 2 aromatic rings. The second kappa shape index (κ2) is 6.27. The van der Waals surface area contributed by atoms with E-state index in [1.165, 1.54) is 17.1 Å². The Morgan fingerprint density at radius 1 is 1.22 bits per heavy atom. The van der Waals surface area contributed by atoms with E-state index in [9.17, 15) is 24.8 Å². The molecule has 3 heterocycles. The zero-order valence-corrected chi connectivity index (χ0v) is 12.5. The summed E-state index contributed by atoms with van der Waals surface area (Å²) in [6.45, 7) is -0.664. The van der Waals surface area contributed by atoms with Crippen LogP contribution >= 0.6 is 11.6 Å². The first-order valence-corrected chi connectivity index (χ1v) is 7.25. The van der Waals surface area contributed by atoms with E-state index < -0.39 is 43.4 Å². The zero-order valence-electron chi connectivity index (χ0n) is 11.7. The van der Waals surface area contributed by atoms with Crippen LogP contribution in [0.5, 0.6) is 0 Å². The number of halogens is 2. The molecule has 1 fully saturated rings. The SMILES string of the molecule is OC[C@H]1O[C@@H](n2ccc3c(Cl)ncnc32)[C@@H](F)[C@H](O)[C@H](O)[C@@H]1O. The summed E-state index contributed by atoms with van der Waals surface area (Å²) in [5, 5.41) is 39.4. The lowest BCUT2D eigenvalue weighted by Crippen LogP contribution is -2.46. The van der Waals surface area contributed by atoms with Gasteiger partial charge in [-0.05, 0) is 6.07 Å². The molecule has 0 bridgehead atoms. The number of hydrogen-bond donors (Lipinski definition) is 4. The van der Waals surface area contributed by atoms with Crippen molar-refractivity contribution in [2.45, 2.75) is 36.8 Å². The van der Waals surface area contributed by atoms with Gasteiger partial charge in [-0.15, -0.1) is 0 Å². The van der Waals surface area contributed by atoms with Crippen LogP contribution in [0.1, 0.15) is 6.23 Å². The highest BCUT2D eigenvalue weighted by atomic mass is 35.5. The molecule has 2 aromatic heterocycles. The number of nitrogens with zero attached hydrogens (tertiary/aromatic N) is 3. The summed E-state index contributed by atoms with van der Waals surface area (Å²) in [4.78, 5) is 7.82. The number of aromatic nitrogens is 3. The first kappa shape index (κ1) is 16.5. The van der Waals surface area contributed by atoms with Gasteiger partial charge >= 0.3 is 0 Å². The summed E-state index contributed by atoms with van der Waals surface area (Å²) >= 11 is 5.94. The predicted molar refractivity (Wildman–Crippen MR) is 76.5 cm³/mol. The lowest BCUT2D eigenvalue weighted by molar-refractivity contribution is -0.137. The maximum absolute atomic E-state index is 14.6. The van der Waals surface area contributed by atoms with Gasteiger partial charge < -0.3 is 29.7 Å². The number of hydrogen-bond acceptors (Lipinski definition) is 7. The smallest absolute Gasteiger partial charge is 0.173 e. The van der Waals surface area contributed by atoms with E-state index in [1.54, 1.807) is 6.07 Å². The maximum atomic E-state index is 14.6. The van der Waals surface area contributed by atoms with E-state index >= 15 is 0 Å². The van der Waals surface area contributed by atoms with Crippen LogP contribution < -0.4 is 0 Å². The largest absolute Gasteiger partial charge is 0.394 e. The molecule has 4 N–H and O–H groups in total. The van der Waals surface area contributed by atoms with Gasteiger partial charge in [-0.1, -0.05) is 11.6 Å². The maximum Gasteiger partial charge on any atom is 0.173 e. The molecule has 126 valence electrons. The van der Waals surface area contributed by atoms with Crippen LogP contribution in [0.3, 0.4) is 0 Å². The van der Waals surface area contributed by atoms with Gasteiger partial charge in [0.1, 0.15) is 41.5 Å². The summed E-state index contributed by atoms with van der Waals surface area (Å²) in [6.07, 6.45) is -7.48. The minimum Gasteiger partial charge on any atom is -0.394 e. The summed E-state index contributed by atoms with van der Waals surface area (Å²) in [7, 11) is 0. The monoisotopic (exact) mass is 347 g/mol. The van der Waals surface area contributed by atoms with Gasteiger partial charge in [0, 0.05) is 6.20 Å². The van der Waals surface area contributed by atoms with Crippen molar-refractivity contribution >= 4 is 22.6 Å². The fraction of sp³-hybridized carbons (Fsp3) is 0.538. The second-order valence-electron chi connectivity index (χ2n) is 5.29. The van der Waals surface area contributed by atoms with E-state index in [-0.39, 0.29) is 10.8 Å². The van der Waals surface area contributed by atoms with E-state index in [2.05, 4.69) is 9.97 Å². The predicted octanol–water partition coefficient (Wildman–Crippen LogP) is -0.605. The van der Waals surface area contributed by atoms with E-state index in [4.69, 9.17) is 16.3 Å². The van der Waals surface area contributed by atoms with Crippen LogP contribution in [-0.2, 0) is 4.74 Å². The second-order valence-corrected chi connectivity index (χ2v) is 5.65. The molecule has 0 unspecified atom stereocenters. The van der Waals surface area contributed by atoms with Crippen molar-refractivity contribution in [1.29, 1.82) is 0 Å². The standard InChI is InChI=1S/C13H15ClFN3O5/c14-11-5-1-2-18(12(5)17-4-16-11)13-7(15)9(21)10(22)8(20)6(3-19)23-13/h1-2,4,6-10,13,19-22H,3H2/t6-,7+,8-,9+,10-,13-/m1/s1. The third kappa shape index (κ3) is 2.69. The highest BCUT2D eigenvalue weighted by molar-refractivity contribution is 6.33. The average Bonchev–Trinajstić information content (AvgIpc) is 2.95. The molecule has 3 rings (SSSR count). The summed E-state index contributed by atoms with van der Waals surface area (Å²) in [6, 6.07) is 1.55. The summed E-state index contributed by atoms with van der Waals surface area (Å²) < 4.78 is 21.3. The first-order valence-electron chi connectivity index (χ1n) is 6.87. The van der Waals surface area contributed by atoms with E-state index in [0.717, 1.165) is 0 Å². The van der Waals surface area contributed by atoms with E-state index in [0.29, 0.717) is 5.39 Å². The number of alkyl halides is 1. The van der Waals surface area contributed by atoms with E-state index in [1.807, 2.05) is 0 Å². The number of ether oxygens (including phenoxy) is 1. The van der Waals surface area contributed by atoms with Crippen LogP contribution in [0.4, 0.5) is 4.39 Å². The van der Waals surface area contributed by atoms with Crippen LogP contribution in [0, 0.1) is 0 Å². The Labute approximate surface area is 134 Å². The third-order valence-corrected chi connectivity index (χ3v) is 4.21. The fourth-order valence-corrected chi connectivity index (χ4v) is 2.82. The molecule has 1 saturated heterocycles. The normalized spacial score (nSPS) is 35.4. The number of aliphatic hydroxyl groups is 4. The molecule has 0 amide bonds. The molecule has 1 aliphatic heterocycles. The number of fused-ring (bicyclic) bond motifs is 1. The Balaban J connectivity index is 2.06. The molecule has 0 aliphatic carbocycles. The third-order valence-electron chi connectivity index (χ3n) is 3.91. The average molecular weight is 348 g/mol. The minimum absolute atomic E-state index is 0.164. The topological polar surface area (TPSA) is 121 Å². The summed E-state index contributed by atoms with van der Waals surface area (Å²) in [5.41, 5.74) is 0.257. The van der Waals surface area contributed by atoms with Crippen LogP contribution in [0.25, 0.3) is 11.0 Å². The Morgan fingerprint density at radius 3 is 2.65 bits per heavy atom. The van der Waals surface area contributed by atoms with Gasteiger partial charge in [-0.25, -0.2) is 14.4 Å². The van der Waals surface area contributed by atoms with Crippen LogP contribution in [0.2, 0.25) is 5.15 Å². The van der Waals surface area contributed by atoms with Crippen LogP contribution in [-0.4, -0.2) is 72.2 Å². The Bertz CT molecular complexity index is 699.